The summed E-state index contributed by atoms with van der Waals surface area (Å²) in [6.45, 7) is 1.98. The monoisotopic (exact) mass is 333 g/mol. The Labute approximate surface area is 128 Å². The molecule has 1 aromatic rings. The van der Waals surface area contributed by atoms with E-state index in [1.807, 2.05) is 6.92 Å². The second-order valence-corrected chi connectivity index (χ2v) is 7.88. The van der Waals surface area contributed by atoms with E-state index in [2.05, 4.69) is 5.32 Å². The van der Waals surface area contributed by atoms with E-state index in [-0.39, 0.29) is 11.6 Å². The molecule has 1 aliphatic rings. The van der Waals surface area contributed by atoms with E-state index in [0.717, 1.165) is 25.0 Å². The summed E-state index contributed by atoms with van der Waals surface area (Å²) in [5.74, 6) is -0.710. The van der Waals surface area contributed by atoms with Gasteiger partial charge in [0.1, 0.15) is 10.7 Å². The fraction of sp³-hybridized carbons (Fsp3) is 0.500. The van der Waals surface area contributed by atoms with Crippen molar-refractivity contribution in [2.45, 2.75) is 43.5 Å². The molecule has 1 saturated carbocycles. The molecule has 0 radical (unpaired) electrons. The molecule has 1 unspecified atom stereocenters. The van der Waals surface area contributed by atoms with Gasteiger partial charge in [-0.1, -0.05) is 19.8 Å². The molecule has 116 valence electrons. The second-order valence-electron chi connectivity index (χ2n) is 5.34. The SMILES string of the molecule is CCC(CC1CC1)NC(=O)c1ccc(F)c(S(=O)(=O)Cl)c1. The molecule has 1 atom stereocenters. The Bertz CT molecular complexity index is 644. The van der Waals surface area contributed by atoms with E-state index >= 15 is 0 Å². The highest BCUT2D eigenvalue weighted by molar-refractivity contribution is 8.13. The molecule has 1 aliphatic carbocycles. The van der Waals surface area contributed by atoms with Crippen molar-refractivity contribution in [1.29, 1.82) is 0 Å². The predicted molar refractivity (Wildman–Crippen MR) is 78.3 cm³/mol. The minimum Gasteiger partial charge on any atom is -0.349 e. The average Bonchev–Trinajstić information content (AvgIpc) is 3.20. The third-order valence-electron chi connectivity index (χ3n) is 3.60. The van der Waals surface area contributed by atoms with Crippen molar-refractivity contribution in [1.82, 2.24) is 5.32 Å². The van der Waals surface area contributed by atoms with E-state index in [1.165, 1.54) is 18.9 Å². The highest BCUT2D eigenvalue weighted by Gasteiger charge is 2.26. The van der Waals surface area contributed by atoms with Crippen LogP contribution in [0.3, 0.4) is 0 Å². The number of carbonyl (C=O) groups is 1. The van der Waals surface area contributed by atoms with Gasteiger partial charge < -0.3 is 5.32 Å². The number of halogens is 2. The summed E-state index contributed by atoms with van der Waals surface area (Å²) < 4.78 is 36.0. The molecule has 21 heavy (non-hydrogen) atoms. The third kappa shape index (κ3) is 4.41. The van der Waals surface area contributed by atoms with Gasteiger partial charge in [0.15, 0.2) is 0 Å². The van der Waals surface area contributed by atoms with Gasteiger partial charge in [0.25, 0.3) is 15.0 Å². The number of rotatable bonds is 6. The van der Waals surface area contributed by atoms with E-state index < -0.39 is 25.7 Å². The molecular weight excluding hydrogens is 317 g/mol. The Morgan fingerprint density at radius 1 is 1.48 bits per heavy atom. The summed E-state index contributed by atoms with van der Waals surface area (Å²) in [6.07, 6.45) is 4.10. The molecule has 0 aliphatic heterocycles. The zero-order chi connectivity index (χ0) is 15.6. The second kappa shape index (κ2) is 6.32. The van der Waals surface area contributed by atoms with Crippen LogP contribution in [0.25, 0.3) is 0 Å². The Hall–Kier alpha value is -1.14. The molecular formula is C14H17ClFNO3S. The van der Waals surface area contributed by atoms with Crippen molar-refractivity contribution in [3.63, 3.8) is 0 Å². The van der Waals surface area contributed by atoms with Crippen LogP contribution in [0.15, 0.2) is 23.1 Å². The first kappa shape index (κ1) is 16.2. The van der Waals surface area contributed by atoms with Crippen LogP contribution in [-0.4, -0.2) is 20.4 Å². The van der Waals surface area contributed by atoms with Crippen molar-refractivity contribution >= 4 is 25.6 Å². The van der Waals surface area contributed by atoms with E-state index in [4.69, 9.17) is 10.7 Å². The number of hydrogen-bond acceptors (Lipinski definition) is 3. The standard InChI is InChI=1S/C14H17ClFNO3S/c1-2-11(7-9-3-4-9)17-14(18)10-5-6-12(16)13(8-10)21(15,19)20/h5-6,8-9,11H,2-4,7H2,1H3,(H,17,18). The van der Waals surface area contributed by atoms with Crippen LogP contribution >= 0.6 is 10.7 Å². The fourth-order valence-electron chi connectivity index (χ4n) is 2.18. The molecule has 0 spiro atoms. The lowest BCUT2D eigenvalue weighted by atomic mass is 10.1. The van der Waals surface area contributed by atoms with E-state index in [1.54, 1.807) is 0 Å². The Balaban J connectivity index is 2.15. The largest absolute Gasteiger partial charge is 0.349 e. The first-order chi connectivity index (χ1) is 9.81. The number of benzene rings is 1. The van der Waals surface area contributed by atoms with Crippen LogP contribution in [0.1, 0.15) is 43.0 Å². The van der Waals surface area contributed by atoms with Crippen molar-refractivity contribution in [2.24, 2.45) is 5.92 Å². The smallest absolute Gasteiger partial charge is 0.264 e. The van der Waals surface area contributed by atoms with Crippen LogP contribution in [-0.2, 0) is 9.05 Å². The van der Waals surface area contributed by atoms with Crippen molar-refractivity contribution in [3.8, 4) is 0 Å². The quantitative estimate of drug-likeness (QED) is 0.814. The number of carbonyl (C=O) groups excluding carboxylic acids is 1. The molecule has 7 heteroatoms. The van der Waals surface area contributed by atoms with Crippen molar-refractivity contribution in [2.75, 3.05) is 0 Å². The Morgan fingerprint density at radius 2 is 2.14 bits per heavy atom. The van der Waals surface area contributed by atoms with Gasteiger partial charge >= 0.3 is 0 Å². The molecule has 1 N–H and O–H groups in total. The van der Waals surface area contributed by atoms with Crippen LogP contribution in [0, 0.1) is 11.7 Å². The first-order valence-electron chi connectivity index (χ1n) is 6.86. The van der Waals surface area contributed by atoms with Gasteiger partial charge in [0.2, 0.25) is 0 Å². The topological polar surface area (TPSA) is 63.2 Å². The van der Waals surface area contributed by atoms with E-state index in [0.29, 0.717) is 5.92 Å². The maximum absolute atomic E-state index is 13.4. The molecule has 2 rings (SSSR count). The van der Waals surface area contributed by atoms with Gasteiger partial charge in [-0.25, -0.2) is 12.8 Å². The lowest BCUT2D eigenvalue weighted by Gasteiger charge is -2.16. The lowest BCUT2D eigenvalue weighted by Crippen LogP contribution is -2.34. The lowest BCUT2D eigenvalue weighted by molar-refractivity contribution is 0.0932. The predicted octanol–water partition coefficient (Wildman–Crippen LogP) is 3.06. The minimum absolute atomic E-state index is 0.0473. The highest BCUT2D eigenvalue weighted by Crippen LogP contribution is 2.34. The van der Waals surface area contributed by atoms with Gasteiger partial charge in [-0.05, 0) is 37.0 Å². The van der Waals surface area contributed by atoms with Gasteiger partial charge in [-0.2, -0.15) is 0 Å². The Kier molecular flexibility index (Phi) is 4.88. The van der Waals surface area contributed by atoms with Crippen molar-refractivity contribution in [3.05, 3.63) is 29.6 Å². The Morgan fingerprint density at radius 3 is 2.67 bits per heavy atom. The summed E-state index contributed by atoms with van der Waals surface area (Å²) in [5.41, 5.74) is 0.0878. The zero-order valence-electron chi connectivity index (χ0n) is 11.6. The van der Waals surface area contributed by atoms with Crippen LogP contribution < -0.4 is 5.32 Å². The third-order valence-corrected chi connectivity index (χ3v) is 4.94. The van der Waals surface area contributed by atoms with Crippen LogP contribution in [0.5, 0.6) is 0 Å². The number of hydrogen-bond donors (Lipinski definition) is 1. The minimum atomic E-state index is -4.22. The van der Waals surface area contributed by atoms with Crippen molar-refractivity contribution < 1.29 is 17.6 Å². The van der Waals surface area contributed by atoms with Gasteiger partial charge in [-0.3, -0.25) is 4.79 Å². The fourth-order valence-corrected chi connectivity index (χ4v) is 3.11. The summed E-state index contributed by atoms with van der Waals surface area (Å²) >= 11 is 0. The first-order valence-corrected chi connectivity index (χ1v) is 9.17. The van der Waals surface area contributed by atoms with Crippen LogP contribution in [0.2, 0.25) is 0 Å². The van der Waals surface area contributed by atoms with Gasteiger partial charge in [0, 0.05) is 22.3 Å². The average molecular weight is 334 g/mol. The molecule has 1 fully saturated rings. The summed E-state index contributed by atoms with van der Waals surface area (Å²) in [5, 5.41) is 2.85. The maximum atomic E-state index is 13.4. The molecule has 0 heterocycles. The normalized spacial score (nSPS) is 16.5. The maximum Gasteiger partial charge on any atom is 0.264 e. The highest BCUT2D eigenvalue weighted by atomic mass is 35.7. The van der Waals surface area contributed by atoms with Crippen LogP contribution in [0.4, 0.5) is 4.39 Å². The molecule has 0 aromatic heterocycles. The number of nitrogens with one attached hydrogen (secondary N) is 1. The number of amides is 1. The molecule has 0 bridgehead atoms. The van der Waals surface area contributed by atoms with Gasteiger partial charge in [-0.15, -0.1) is 0 Å². The zero-order valence-corrected chi connectivity index (χ0v) is 13.2. The van der Waals surface area contributed by atoms with Gasteiger partial charge in [0.05, 0.1) is 0 Å². The molecule has 1 amide bonds. The summed E-state index contributed by atoms with van der Waals surface area (Å²) in [6, 6.07) is 3.20. The molecule has 4 nitrogen and oxygen atoms in total. The summed E-state index contributed by atoms with van der Waals surface area (Å²) in [7, 11) is 0.936. The molecule has 1 aromatic carbocycles. The summed E-state index contributed by atoms with van der Waals surface area (Å²) in [4.78, 5) is 11.5. The van der Waals surface area contributed by atoms with E-state index in [9.17, 15) is 17.6 Å². The molecule has 0 saturated heterocycles.